The van der Waals surface area contributed by atoms with E-state index >= 15 is 0 Å². The SMILES string of the molecule is O=C1CCCN1c1cnn(C2CN(c3nnc(C4CC4)s3)C2)c1. The summed E-state index contributed by atoms with van der Waals surface area (Å²) >= 11 is 1.73. The average molecular weight is 330 g/mol. The van der Waals surface area contributed by atoms with Gasteiger partial charge in [-0.3, -0.25) is 9.48 Å². The Labute approximate surface area is 137 Å². The van der Waals surface area contributed by atoms with Crippen LogP contribution in [0.25, 0.3) is 0 Å². The van der Waals surface area contributed by atoms with Gasteiger partial charge in [0.1, 0.15) is 5.01 Å². The molecule has 5 rings (SSSR count). The monoisotopic (exact) mass is 330 g/mol. The van der Waals surface area contributed by atoms with Crippen molar-refractivity contribution in [3.05, 3.63) is 17.4 Å². The molecule has 0 unspecified atom stereocenters. The first-order valence-corrected chi connectivity index (χ1v) is 9.02. The van der Waals surface area contributed by atoms with Crippen LogP contribution in [0, 0.1) is 0 Å². The molecule has 3 aliphatic rings. The van der Waals surface area contributed by atoms with Crippen molar-refractivity contribution in [3.8, 4) is 0 Å². The molecule has 23 heavy (non-hydrogen) atoms. The maximum atomic E-state index is 11.8. The highest BCUT2D eigenvalue weighted by Crippen LogP contribution is 2.43. The van der Waals surface area contributed by atoms with Crippen LogP contribution in [0.2, 0.25) is 0 Å². The lowest BCUT2D eigenvalue weighted by Crippen LogP contribution is -2.48. The van der Waals surface area contributed by atoms with Crippen LogP contribution in [0.15, 0.2) is 12.4 Å². The second kappa shape index (κ2) is 5.02. The smallest absolute Gasteiger partial charge is 0.227 e. The first-order valence-electron chi connectivity index (χ1n) is 8.21. The van der Waals surface area contributed by atoms with Gasteiger partial charge in [-0.2, -0.15) is 5.10 Å². The number of carbonyl (C=O) groups excluding carboxylic acids is 1. The molecule has 3 fully saturated rings. The molecular weight excluding hydrogens is 312 g/mol. The highest BCUT2D eigenvalue weighted by Gasteiger charge is 2.34. The predicted molar refractivity (Wildman–Crippen MR) is 86.9 cm³/mol. The van der Waals surface area contributed by atoms with Crippen molar-refractivity contribution in [2.24, 2.45) is 0 Å². The molecule has 0 radical (unpaired) electrons. The van der Waals surface area contributed by atoms with Gasteiger partial charge in [0, 0.05) is 38.2 Å². The maximum Gasteiger partial charge on any atom is 0.227 e. The molecule has 120 valence electrons. The van der Waals surface area contributed by atoms with Gasteiger partial charge in [0.25, 0.3) is 0 Å². The molecule has 0 atom stereocenters. The quantitative estimate of drug-likeness (QED) is 0.855. The van der Waals surface area contributed by atoms with Crippen LogP contribution in [0.4, 0.5) is 10.8 Å². The average Bonchev–Trinajstić information content (AvgIpc) is 2.89. The van der Waals surface area contributed by atoms with Crippen molar-refractivity contribution < 1.29 is 4.79 Å². The van der Waals surface area contributed by atoms with Crippen LogP contribution >= 0.6 is 11.3 Å². The zero-order valence-corrected chi connectivity index (χ0v) is 13.6. The third-order valence-corrected chi connectivity index (χ3v) is 5.98. The summed E-state index contributed by atoms with van der Waals surface area (Å²) in [5, 5.41) is 15.3. The summed E-state index contributed by atoms with van der Waals surface area (Å²) in [5.74, 6) is 0.881. The molecular formula is C15H18N6OS. The Morgan fingerprint density at radius 3 is 2.83 bits per heavy atom. The van der Waals surface area contributed by atoms with Crippen LogP contribution in [-0.4, -0.2) is 45.5 Å². The Morgan fingerprint density at radius 2 is 2.09 bits per heavy atom. The number of amides is 1. The topological polar surface area (TPSA) is 67.2 Å². The molecule has 2 saturated heterocycles. The van der Waals surface area contributed by atoms with Crippen LogP contribution < -0.4 is 9.80 Å². The predicted octanol–water partition coefficient (Wildman–Crippen LogP) is 1.80. The van der Waals surface area contributed by atoms with Crippen molar-refractivity contribution in [2.45, 2.75) is 37.6 Å². The number of aromatic nitrogens is 4. The van der Waals surface area contributed by atoms with E-state index in [4.69, 9.17) is 0 Å². The summed E-state index contributed by atoms with van der Waals surface area (Å²) in [4.78, 5) is 15.9. The van der Waals surface area contributed by atoms with E-state index in [2.05, 4.69) is 20.2 Å². The van der Waals surface area contributed by atoms with E-state index in [0.29, 0.717) is 18.4 Å². The minimum Gasteiger partial charge on any atom is -0.342 e. The molecule has 2 aliphatic heterocycles. The summed E-state index contributed by atoms with van der Waals surface area (Å²) in [6, 6.07) is 0.356. The fourth-order valence-electron chi connectivity index (χ4n) is 3.22. The van der Waals surface area contributed by atoms with E-state index in [1.807, 2.05) is 22.0 Å². The first-order chi connectivity index (χ1) is 11.3. The highest BCUT2D eigenvalue weighted by molar-refractivity contribution is 7.15. The largest absolute Gasteiger partial charge is 0.342 e. The third kappa shape index (κ3) is 2.32. The summed E-state index contributed by atoms with van der Waals surface area (Å²) in [6.07, 6.45) is 7.94. The molecule has 1 saturated carbocycles. The van der Waals surface area contributed by atoms with E-state index < -0.39 is 0 Å². The Morgan fingerprint density at radius 1 is 1.22 bits per heavy atom. The van der Waals surface area contributed by atoms with Gasteiger partial charge in [-0.05, 0) is 19.3 Å². The van der Waals surface area contributed by atoms with Crippen molar-refractivity contribution in [1.29, 1.82) is 0 Å². The summed E-state index contributed by atoms with van der Waals surface area (Å²) in [7, 11) is 0. The van der Waals surface area contributed by atoms with Gasteiger partial charge >= 0.3 is 0 Å². The molecule has 0 bridgehead atoms. The van der Waals surface area contributed by atoms with E-state index in [9.17, 15) is 4.79 Å². The fourth-order valence-corrected chi connectivity index (χ4v) is 4.25. The second-order valence-electron chi connectivity index (χ2n) is 6.58. The Kier molecular flexibility index (Phi) is 2.94. The standard InChI is InChI=1S/C15H18N6OS/c22-13-2-1-5-20(13)11-6-16-21(9-11)12-7-19(8-12)15-18-17-14(23-15)10-3-4-10/h6,9-10,12H,1-5,7-8H2. The van der Waals surface area contributed by atoms with Crippen LogP contribution in [0.3, 0.4) is 0 Å². The Hall–Kier alpha value is -1.96. The van der Waals surface area contributed by atoms with Gasteiger partial charge in [-0.25, -0.2) is 0 Å². The minimum atomic E-state index is 0.209. The molecule has 2 aromatic heterocycles. The maximum absolute atomic E-state index is 11.8. The van der Waals surface area contributed by atoms with Crippen molar-refractivity contribution in [2.75, 3.05) is 29.4 Å². The first kappa shape index (κ1) is 13.5. The number of hydrogen-bond donors (Lipinski definition) is 0. The van der Waals surface area contributed by atoms with Crippen LogP contribution in [0.5, 0.6) is 0 Å². The van der Waals surface area contributed by atoms with Gasteiger partial charge in [-0.1, -0.05) is 11.3 Å². The van der Waals surface area contributed by atoms with E-state index in [1.165, 1.54) is 17.8 Å². The molecule has 4 heterocycles. The van der Waals surface area contributed by atoms with E-state index in [0.717, 1.165) is 36.9 Å². The lowest BCUT2D eigenvalue weighted by molar-refractivity contribution is -0.117. The lowest BCUT2D eigenvalue weighted by Gasteiger charge is -2.38. The number of carbonyl (C=O) groups is 1. The van der Waals surface area contributed by atoms with Crippen molar-refractivity contribution in [1.82, 2.24) is 20.0 Å². The summed E-state index contributed by atoms with van der Waals surface area (Å²) in [6.45, 7) is 2.64. The number of rotatable bonds is 4. The zero-order valence-electron chi connectivity index (χ0n) is 12.8. The second-order valence-corrected chi connectivity index (χ2v) is 7.57. The zero-order chi connectivity index (χ0) is 15.4. The number of nitrogens with zero attached hydrogens (tertiary/aromatic N) is 6. The molecule has 0 spiro atoms. The summed E-state index contributed by atoms with van der Waals surface area (Å²) < 4.78 is 1.99. The third-order valence-electron chi connectivity index (χ3n) is 4.84. The number of hydrogen-bond acceptors (Lipinski definition) is 6. The molecule has 8 heteroatoms. The normalized spacial score (nSPS) is 22.0. The van der Waals surface area contributed by atoms with E-state index in [-0.39, 0.29) is 5.91 Å². The van der Waals surface area contributed by atoms with Crippen molar-refractivity contribution >= 4 is 28.1 Å². The molecule has 0 N–H and O–H groups in total. The van der Waals surface area contributed by atoms with Gasteiger partial charge < -0.3 is 9.80 Å². The molecule has 7 nitrogen and oxygen atoms in total. The summed E-state index contributed by atoms with van der Waals surface area (Å²) in [5.41, 5.74) is 0.929. The van der Waals surface area contributed by atoms with Gasteiger partial charge in [0.15, 0.2) is 0 Å². The van der Waals surface area contributed by atoms with Gasteiger partial charge in [0.2, 0.25) is 11.0 Å². The molecule has 1 aliphatic carbocycles. The fraction of sp³-hybridized carbons (Fsp3) is 0.600. The molecule has 0 aromatic carbocycles. The highest BCUT2D eigenvalue weighted by atomic mass is 32.1. The van der Waals surface area contributed by atoms with E-state index in [1.54, 1.807) is 11.3 Å². The van der Waals surface area contributed by atoms with Crippen LogP contribution in [0.1, 0.15) is 42.7 Å². The van der Waals surface area contributed by atoms with Gasteiger partial charge in [0.05, 0.1) is 17.9 Å². The minimum absolute atomic E-state index is 0.209. The molecule has 1 amide bonds. The van der Waals surface area contributed by atoms with Crippen molar-refractivity contribution in [3.63, 3.8) is 0 Å². The van der Waals surface area contributed by atoms with Crippen LogP contribution in [-0.2, 0) is 4.79 Å². The lowest BCUT2D eigenvalue weighted by atomic mass is 10.1. The Bertz CT molecular complexity index is 745. The Balaban J connectivity index is 1.24. The van der Waals surface area contributed by atoms with Gasteiger partial charge in [-0.15, -0.1) is 10.2 Å². The molecule has 2 aromatic rings. The number of anilines is 2.